The predicted octanol–water partition coefficient (Wildman–Crippen LogP) is 1.92. The third-order valence-corrected chi connectivity index (χ3v) is 4.64. The highest BCUT2D eigenvalue weighted by atomic mass is 32.2. The second-order valence-corrected chi connectivity index (χ2v) is 5.77. The number of nitrogens with one attached hydrogen (secondary N) is 2. The molecule has 0 aromatic carbocycles. The summed E-state index contributed by atoms with van der Waals surface area (Å²) in [6, 6.07) is 3.71. The summed E-state index contributed by atoms with van der Waals surface area (Å²) in [5.41, 5.74) is 0.379. The first-order chi connectivity index (χ1) is 9.24. The number of hydrogen-bond donors (Lipinski definition) is 2. The van der Waals surface area contributed by atoms with E-state index in [9.17, 15) is 4.79 Å². The van der Waals surface area contributed by atoms with E-state index < -0.39 is 0 Å². The highest BCUT2D eigenvalue weighted by molar-refractivity contribution is 7.99. The van der Waals surface area contributed by atoms with Crippen LogP contribution < -0.4 is 10.6 Å². The summed E-state index contributed by atoms with van der Waals surface area (Å²) in [5, 5.41) is 14.3. The van der Waals surface area contributed by atoms with Gasteiger partial charge in [0.25, 0.3) is 5.91 Å². The summed E-state index contributed by atoms with van der Waals surface area (Å²) in [7, 11) is 1.77. The largest absolute Gasteiger partial charge is 0.372 e. The number of rotatable bonds is 4. The molecule has 104 valence electrons. The fraction of sp³-hybridized carbons (Fsp3) is 0.615. The predicted molar refractivity (Wildman–Crippen MR) is 78.6 cm³/mol. The summed E-state index contributed by atoms with van der Waals surface area (Å²) in [5.74, 6) is 0.539. The van der Waals surface area contributed by atoms with E-state index in [0.717, 1.165) is 6.42 Å². The Morgan fingerprint density at radius 3 is 2.74 bits per heavy atom. The smallest absolute Gasteiger partial charge is 0.272 e. The zero-order chi connectivity index (χ0) is 13.7. The van der Waals surface area contributed by atoms with E-state index in [1.54, 1.807) is 19.2 Å². The SMILES string of the molecule is CNc1ccc(C(=O)NC2CCCCC2SC)nn1. The van der Waals surface area contributed by atoms with Crippen LogP contribution in [0.4, 0.5) is 5.82 Å². The standard InChI is InChI=1S/C13H20N4OS/c1-14-12-8-7-10(16-17-12)13(18)15-9-5-3-4-6-11(9)19-2/h7-9,11H,3-6H2,1-2H3,(H,14,17)(H,15,18). The third kappa shape index (κ3) is 3.59. The molecule has 1 aromatic rings. The van der Waals surface area contributed by atoms with E-state index in [0.29, 0.717) is 16.8 Å². The normalized spacial score (nSPS) is 22.8. The Balaban J connectivity index is 1.98. The molecule has 1 aromatic heterocycles. The minimum atomic E-state index is -0.124. The van der Waals surface area contributed by atoms with E-state index in [-0.39, 0.29) is 11.9 Å². The summed E-state index contributed by atoms with van der Waals surface area (Å²) < 4.78 is 0. The van der Waals surface area contributed by atoms with E-state index in [1.807, 2.05) is 11.8 Å². The molecular formula is C13H20N4OS. The van der Waals surface area contributed by atoms with Gasteiger partial charge >= 0.3 is 0 Å². The molecule has 6 heteroatoms. The number of aromatic nitrogens is 2. The van der Waals surface area contributed by atoms with E-state index in [2.05, 4.69) is 27.1 Å². The molecule has 1 fully saturated rings. The topological polar surface area (TPSA) is 66.9 Å². The number of carbonyl (C=O) groups is 1. The minimum absolute atomic E-state index is 0.124. The van der Waals surface area contributed by atoms with Gasteiger partial charge in [0.2, 0.25) is 0 Å². The van der Waals surface area contributed by atoms with Gasteiger partial charge in [0, 0.05) is 18.3 Å². The summed E-state index contributed by atoms with van der Waals surface area (Å²) in [4.78, 5) is 12.1. The Labute approximate surface area is 118 Å². The summed E-state index contributed by atoms with van der Waals surface area (Å²) >= 11 is 1.84. The number of hydrogen-bond acceptors (Lipinski definition) is 5. The molecule has 0 radical (unpaired) electrons. The van der Waals surface area contributed by atoms with Crippen molar-refractivity contribution in [2.75, 3.05) is 18.6 Å². The van der Waals surface area contributed by atoms with Crippen LogP contribution in [0.15, 0.2) is 12.1 Å². The average Bonchev–Trinajstić information content (AvgIpc) is 2.48. The highest BCUT2D eigenvalue weighted by Crippen LogP contribution is 2.27. The molecule has 2 N–H and O–H groups in total. The Bertz CT molecular complexity index is 423. The first-order valence-corrected chi connectivity index (χ1v) is 7.88. The van der Waals surface area contributed by atoms with Crippen molar-refractivity contribution < 1.29 is 4.79 Å². The highest BCUT2D eigenvalue weighted by Gasteiger charge is 2.26. The van der Waals surface area contributed by atoms with Crippen LogP contribution in [0.5, 0.6) is 0 Å². The zero-order valence-electron chi connectivity index (χ0n) is 11.3. The van der Waals surface area contributed by atoms with Gasteiger partial charge in [-0.15, -0.1) is 10.2 Å². The molecular weight excluding hydrogens is 260 g/mol. The second-order valence-electron chi connectivity index (χ2n) is 4.69. The molecule has 0 bridgehead atoms. The van der Waals surface area contributed by atoms with Crippen molar-refractivity contribution in [2.24, 2.45) is 0 Å². The Kier molecular flexibility index (Phi) is 5.01. The van der Waals surface area contributed by atoms with Gasteiger partial charge in [0.1, 0.15) is 5.82 Å². The minimum Gasteiger partial charge on any atom is -0.372 e. The fourth-order valence-corrected chi connectivity index (χ4v) is 3.31. The number of thioether (sulfide) groups is 1. The molecule has 1 aliphatic carbocycles. The van der Waals surface area contributed by atoms with Gasteiger partial charge in [-0.3, -0.25) is 4.79 Å². The van der Waals surface area contributed by atoms with Gasteiger partial charge in [-0.2, -0.15) is 11.8 Å². The maximum absolute atomic E-state index is 12.1. The lowest BCUT2D eigenvalue weighted by molar-refractivity contribution is 0.0923. The lowest BCUT2D eigenvalue weighted by Gasteiger charge is -2.30. The molecule has 1 heterocycles. The van der Waals surface area contributed by atoms with Crippen molar-refractivity contribution in [3.63, 3.8) is 0 Å². The van der Waals surface area contributed by atoms with Crippen LogP contribution in [0.1, 0.15) is 36.2 Å². The molecule has 2 atom stereocenters. The van der Waals surface area contributed by atoms with E-state index in [1.165, 1.54) is 19.3 Å². The van der Waals surface area contributed by atoms with Crippen molar-refractivity contribution in [3.8, 4) is 0 Å². The first kappa shape index (κ1) is 14.1. The molecule has 5 nitrogen and oxygen atoms in total. The van der Waals surface area contributed by atoms with Gasteiger partial charge in [-0.25, -0.2) is 0 Å². The summed E-state index contributed by atoms with van der Waals surface area (Å²) in [6.07, 6.45) is 6.79. The molecule has 2 unspecified atom stereocenters. The number of carbonyl (C=O) groups excluding carboxylic acids is 1. The van der Waals surface area contributed by atoms with Crippen LogP contribution in [-0.4, -0.2) is 40.7 Å². The van der Waals surface area contributed by atoms with Crippen LogP contribution in [0, 0.1) is 0 Å². The average molecular weight is 280 g/mol. The van der Waals surface area contributed by atoms with Gasteiger partial charge in [-0.1, -0.05) is 12.8 Å². The molecule has 0 saturated heterocycles. The van der Waals surface area contributed by atoms with Crippen molar-refractivity contribution in [3.05, 3.63) is 17.8 Å². The van der Waals surface area contributed by atoms with Crippen molar-refractivity contribution >= 4 is 23.5 Å². The van der Waals surface area contributed by atoms with Gasteiger partial charge < -0.3 is 10.6 Å². The van der Waals surface area contributed by atoms with Crippen LogP contribution in [-0.2, 0) is 0 Å². The van der Waals surface area contributed by atoms with Crippen molar-refractivity contribution in [1.82, 2.24) is 15.5 Å². The van der Waals surface area contributed by atoms with Crippen LogP contribution in [0.3, 0.4) is 0 Å². The zero-order valence-corrected chi connectivity index (χ0v) is 12.2. The molecule has 2 rings (SSSR count). The molecule has 0 aliphatic heterocycles. The van der Waals surface area contributed by atoms with Crippen LogP contribution >= 0.6 is 11.8 Å². The van der Waals surface area contributed by atoms with Gasteiger partial charge in [-0.05, 0) is 31.2 Å². The Morgan fingerprint density at radius 2 is 2.11 bits per heavy atom. The second kappa shape index (κ2) is 6.75. The number of nitrogens with zero attached hydrogens (tertiary/aromatic N) is 2. The van der Waals surface area contributed by atoms with Crippen molar-refractivity contribution in [1.29, 1.82) is 0 Å². The monoisotopic (exact) mass is 280 g/mol. The maximum atomic E-state index is 12.1. The summed E-state index contributed by atoms with van der Waals surface area (Å²) in [6.45, 7) is 0. The molecule has 1 amide bonds. The maximum Gasteiger partial charge on any atom is 0.272 e. The van der Waals surface area contributed by atoms with Crippen LogP contribution in [0.25, 0.3) is 0 Å². The quantitative estimate of drug-likeness (QED) is 0.882. The molecule has 19 heavy (non-hydrogen) atoms. The Hall–Kier alpha value is -1.30. The Morgan fingerprint density at radius 1 is 1.32 bits per heavy atom. The number of amides is 1. The lowest BCUT2D eigenvalue weighted by Crippen LogP contribution is -2.44. The van der Waals surface area contributed by atoms with Crippen LogP contribution in [0.2, 0.25) is 0 Å². The fourth-order valence-electron chi connectivity index (χ4n) is 2.37. The number of anilines is 1. The molecule has 1 aliphatic rings. The lowest BCUT2D eigenvalue weighted by atomic mass is 9.95. The third-order valence-electron chi connectivity index (χ3n) is 3.48. The van der Waals surface area contributed by atoms with E-state index in [4.69, 9.17) is 0 Å². The molecule has 0 spiro atoms. The molecule has 1 saturated carbocycles. The van der Waals surface area contributed by atoms with Gasteiger partial charge in [0.15, 0.2) is 5.69 Å². The first-order valence-electron chi connectivity index (χ1n) is 6.59. The van der Waals surface area contributed by atoms with Gasteiger partial charge in [0.05, 0.1) is 0 Å². The van der Waals surface area contributed by atoms with Crippen molar-refractivity contribution in [2.45, 2.75) is 37.0 Å². The van der Waals surface area contributed by atoms with E-state index >= 15 is 0 Å².